The van der Waals surface area contributed by atoms with Crippen LogP contribution in [-0.2, 0) is 16.1 Å². The Morgan fingerprint density at radius 2 is 1.77 bits per heavy atom. The van der Waals surface area contributed by atoms with Gasteiger partial charge in [-0.25, -0.2) is 18.9 Å². The molecule has 2 aromatic heterocycles. The van der Waals surface area contributed by atoms with E-state index < -0.39 is 5.82 Å². The summed E-state index contributed by atoms with van der Waals surface area (Å²) in [6.07, 6.45) is 7.81. The topological polar surface area (TPSA) is 118 Å². The molecule has 1 aliphatic heterocycles. The van der Waals surface area contributed by atoms with Gasteiger partial charge in [0.1, 0.15) is 18.4 Å². The van der Waals surface area contributed by atoms with Crippen molar-refractivity contribution in [3.63, 3.8) is 0 Å². The molecule has 3 aromatic rings. The number of nitrogens with zero attached hydrogens (tertiary/aromatic N) is 5. The van der Waals surface area contributed by atoms with Crippen LogP contribution in [-0.4, -0.2) is 75.1 Å². The molecule has 10 nitrogen and oxygen atoms in total. The summed E-state index contributed by atoms with van der Waals surface area (Å²) in [6, 6.07) is 8.70. The second-order valence-electron chi connectivity index (χ2n) is 11.0. The number of fused-ring (bicyclic) bond motifs is 1. The first-order valence-electron chi connectivity index (χ1n) is 14.6. The van der Waals surface area contributed by atoms with E-state index in [1.54, 1.807) is 24.1 Å². The number of carbonyl (C=O) groups excluding carboxylic acids is 3. The average Bonchev–Trinajstić information content (AvgIpc) is 3.03. The lowest BCUT2D eigenvalue weighted by molar-refractivity contribution is -0.122. The minimum atomic E-state index is -0.410. The number of hydrogen-bond donors (Lipinski definition) is 1. The third-order valence-electron chi connectivity index (χ3n) is 8.23. The van der Waals surface area contributed by atoms with Gasteiger partial charge in [-0.2, -0.15) is 16.9 Å². The maximum atomic E-state index is 13.9. The fraction of sp³-hybridized carbons (Fsp3) is 0.484. The molecule has 5 rings (SSSR count). The Hall–Kier alpha value is -3.80. The maximum Gasteiger partial charge on any atom is 0.325 e. The maximum absolute atomic E-state index is 13.9. The van der Waals surface area contributed by atoms with Crippen LogP contribution >= 0.6 is 11.8 Å². The lowest BCUT2D eigenvalue weighted by atomic mass is 9.90. The SMILES string of the molecule is C=O.Cc1cc(F)cnc1N(C(=O)N(C)C1CCC(NC(=O)CCn2ncc3ccccc3c2=O)CC1)C1CCSCC1. The Kier molecular flexibility index (Phi) is 11.3. The number of anilines is 1. The van der Waals surface area contributed by atoms with Gasteiger partial charge in [0.25, 0.3) is 5.56 Å². The first-order chi connectivity index (χ1) is 20.8. The number of aryl methyl sites for hydroxylation is 2. The van der Waals surface area contributed by atoms with Crippen LogP contribution in [0.2, 0.25) is 0 Å². The molecule has 0 atom stereocenters. The van der Waals surface area contributed by atoms with Gasteiger partial charge in [-0.05, 0) is 74.7 Å². The van der Waals surface area contributed by atoms with Crippen LogP contribution in [0.1, 0.15) is 50.5 Å². The number of pyridine rings is 1. The van der Waals surface area contributed by atoms with E-state index in [0.29, 0.717) is 16.8 Å². The standard InChI is InChI=1S/C30H37FN6O3S.CH2O/c1-20-17-22(31)19-32-28(20)37(25-12-15-41-16-13-25)30(40)35(2)24-9-7-23(8-10-24)34-27(38)11-14-36-29(39)26-6-4-3-5-21(26)18-33-36;1-2/h3-6,17-19,23-25H,7-16H2,1-2H3,(H,34,38);1H2. The number of rotatable bonds is 7. The number of benzene rings is 1. The van der Waals surface area contributed by atoms with E-state index in [9.17, 15) is 18.8 Å². The molecule has 0 bridgehead atoms. The Labute approximate surface area is 255 Å². The third kappa shape index (κ3) is 7.78. The number of amides is 3. The van der Waals surface area contributed by atoms with Crippen LogP contribution in [0.5, 0.6) is 0 Å². The normalized spacial score (nSPS) is 18.8. The van der Waals surface area contributed by atoms with Gasteiger partial charge in [0.05, 0.1) is 24.3 Å². The highest BCUT2D eigenvalue weighted by Gasteiger charge is 2.35. The molecular weight excluding hydrogens is 571 g/mol. The molecule has 1 saturated heterocycles. The second kappa shape index (κ2) is 15.1. The summed E-state index contributed by atoms with van der Waals surface area (Å²) in [4.78, 5) is 55.2. The number of urea groups is 1. The van der Waals surface area contributed by atoms with Gasteiger partial charge in [-0.1, -0.05) is 18.2 Å². The lowest BCUT2D eigenvalue weighted by Crippen LogP contribution is -2.53. The van der Waals surface area contributed by atoms with E-state index >= 15 is 0 Å². The molecule has 12 heteroatoms. The first kappa shape index (κ1) is 32.1. The highest BCUT2D eigenvalue weighted by atomic mass is 32.2. The highest BCUT2D eigenvalue weighted by molar-refractivity contribution is 7.99. The highest BCUT2D eigenvalue weighted by Crippen LogP contribution is 2.31. The third-order valence-corrected chi connectivity index (χ3v) is 9.28. The van der Waals surface area contributed by atoms with Gasteiger partial charge >= 0.3 is 6.03 Å². The molecule has 2 fully saturated rings. The number of aromatic nitrogens is 3. The summed E-state index contributed by atoms with van der Waals surface area (Å²) in [7, 11) is 1.84. The van der Waals surface area contributed by atoms with Gasteiger partial charge in [-0.3, -0.25) is 14.5 Å². The molecule has 1 aliphatic carbocycles. The Morgan fingerprint density at radius 1 is 1.07 bits per heavy atom. The predicted molar refractivity (Wildman–Crippen MR) is 167 cm³/mol. The lowest BCUT2D eigenvalue weighted by Gasteiger charge is -2.41. The predicted octanol–water partition coefficient (Wildman–Crippen LogP) is 4.33. The summed E-state index contributed by atoms with van der Waals surface area (Å²) in [5, 5.41) is 8.68. The second-order valence-corrected chi connectivity index (χ2v) is 12.2. The van der Waals surface area contributed by atoms with Crippen LogP contribution in [0, 0.1) is 12.7 Å². The van der Waals surface area contributed by atoms with Gasteiger partial charge < -0.3 is 15.0 Å². The van der Waals surface area contributed by atoms with Crippen LogP contribution in [0.15, 0.2) is 47.5 Å². The molecule has 1 saturated carbocycles. The van der Waals surface area contributed by atoms with Crippen LogP contribution in [0.25, 0.3) is 10.8 Å². The van der Waals surface area contributed by atoms with Crippen molar-refractivity contribution in [3.8, 4) is 0 Å². The molecule has 3 amide bonds. The molecule has 3 heterocycles. The molecular formula is C31H39FN6O4S. The van der Waals surface area contributed by atoms with Crippen molar-refractivity contribution in [1.82, 2.24) is 25.0 Å². The van der Waals surface area contributed by atoms with Gasteiger partial charge in [-0.15, -0.1) is 0 Å². The van der Waals surface area contributed by atoms with Gasteiger partial charge in [0.2, 0.25) is 5.91 Å². The summed E-state index contributed by atoms with van der Waals surface area (Å²) in [5.41, 5.74) is 0.453. The van der Waals surface area contributed by atoms with E-state index in [1.165, 1.54) is 16.9 Å². The van der Waals surface area contributed by atoms with Crippen molar-refractivity contribution in [3.05, 3.63) is 64.5 Å². The summed E-state index contributed by atoms with van der Waals surface area (Å²) >= 11 is 1.89. The minimum Gasteiger partial charge on any atom is -0.353 e. The molecule has 0 radical (unpaired) electrons. The Morgan fingerprint density at radius 3 is 2.47 bits per heavy atom. The molecule has 230 valence electrons. The molecule has 0 unspecified atom stereocenters. The fourth-order valence-electron chi connectivity index (χ4n) is 5.88. The van der Waals surface area contributed by atoms with E-state index in [4.69, 9.17) is 4.79 Å². The van der Waals surface area contributed by atoms with E-state index in [0.717, 1.165) is 55.4 Å². The van der Waals surface area contributed by atoms with Gasteiger partial charge in [0.15, 0.2) is 0 Å². The minimum absolute atomic E-state index is 0.0241. The van der Waals surface area contributed by atoms with Crippen molar-refractivity contribution in [2.24, 2.45) is 0 Å². The molecule has 43 heavy (non-hydrogen) atoms. The van der Waals surface area contributed by atoms with Crippen LogP contribution in [0.3, 0.4) is 0 Å². The molecule has 0 spiro atoms. The smallest absolute Gasteiger partial charge is 0.325 e. The number of halogens is 1. The number of carbonyl (C=O) groups is 3. The summed E-state index contributed by atoms with van der Waals surface area (Å²) in [5.74, 6) is 1.97. The van der Waals surface area contributed by atoms with E-state index in [-0.39, 0.29) is 48.6 Å². The van der Waals surface area contributed by atoms with E-state index in [2.05, 4.69) is 15.4 Å². The Bertz CT molecular complexity index is 1470. The number of nitrogens with one attached hydrogen (secondary N) is 1. The molecule has 2 aliphatic rings. The zero-order valence-electron chi connectivity index (χ0n) is 24.7. The average molecular weight is 611 g/mol. The van der Waals surface area contributed by atoms with Crippen molar-refractivity contribution in [1.29, 1.82) is 0 Å². The number of hydrogen-bond acceptors (Lipinski definition) is 7. The summed E-state index contributed by atoms with van der Waals surface area (Å²) in [6.45, 7) is 4.01. The largest absolute Gasteiger partial charge is 0.353 e. The van der Waals surface area contributed by atoms with Crippen LogP contribution in [0.4, 0.5) is 15.0 Å². The fourth-order valence-corrected chi connectivity index (χ4v) is 6.96. The molecule has 1 aromatic carbocycles. The van der Waals surface area contributed by atoms with Crippen LogP contribution < -0.4 is 15.8 Å². The summed E-state index contributed by atoms with van der Waals surface area (Å²) < 4.78 is 15.2. The Balaban J connectivity index is 0.00000207. The van der Waals surface area contributed by atoms with Crippen molar-refractivity contribution in [2.45, 2.75) is 76.5 Å². The van der Waals surface area contributed by atoms with Crippen molar-refractivity contribution in [2.75, 3.05) is 23.5 Å². The van der Waals surface area contributed by atoms with Gasteiger partial charge in [0, 0.05) is 37.0 Å². The monoisotopic (exact) mass is 610 g/mol. The molecule has 1 N–H and O–H groups in total. The zero-order valence-corrected chi connectivity index (χ0v) is 25.5. The first-order valence-corrected chi connectivity index (χ1v) is 15.8. The zero-order chi connectivity index (χ0) is 30.9. The van der Waals surface area contributed by atoms with Crippen molar-refractivity contribution >= 4 is 47.1 Å². The quantitative estimate of drug-likeness (QED) is 0.423. The number of thioether (sulfide) groups is 1. The van der Waals surface area contributed by atoms with E-state index in [1.807, 2.05) is 48.7 Å². The van der Waals surface area contributed by atoms with Crippen molar-refractivity contribution < 1.29 is 18.8 Å².